The van der Waals surface area contributed by atoms with Crippen molar-refractivity contribution < 1.29 is 9.90 Å². The minimum Gasteiger partial charge on any atom is -0.389 e. The van der Waals surface area contributed by atoms with Gasteiger partial charge in [-0.05, 0) is 33.8 Å². The standard InChI is InChI=1S/C12H19N3O2/c1-8-6-10(9(2)14-13-8)11(16)15(5)7-12(3,4)17/h6,17H,7H2,1-5H3. The average Bonchev–Trinajstić information content (AvgIpc) is 2.18. The van der Waals surface area contributed by atoms with Gasteiger partial charge in [0.15, 0.2) is 0 Å². The van der Waals surface area contributed by atoms with E-state index < -0.39 is 5.60 Å². The molecule has 1 N–H and O–H groups in total. The quantitative estimate of drug-likeness (QED) is 0.849. The number of amides is 1. The van der Waals surface area contributed by atoms with Crippen molar-refractivity contribution in [2.24, 2.45) is 0 Å². The molecule has 0 spiro atoms. The van der Waals surface area contributed by atoms with Crippen LogP contribution in [0.4, 0.5) is 0 Å². The molecule has 0 bridgehead atoms. The van der Waals surface area contributed by atoms with E-state index in [4.69, 9.17) is 0 Å². The van der Waals surface area contributed by atoms with Gasteiger partial charge in [-0.25, -0.2) is 0 Å². The number of aryl methyl sites for hydroxylation is 2. The lowest BCUT2D eigenvalue weighted by atomic mass is 10.1. The predicted octanol–water partition coefficient (Wildman–Crippen LogP) is 0.936. The van der Waals surface area contributed by atoms with Crippen LogP contribution in [0.5, 0.6) is 0 Å². The fourth-order valence-electron chi connectivity index (χ4n) is 1.62. The third kappa shape index (κ3) is 3.78. The van der Waals surface area contributed by atoms with Gasteiger partial charge in [-0.15, -0.1) is 0 Å². The van der Waals surface area contributed by atoms with E-state index in [0.29, 0.717) is 17.0 Å². The second-order valence-electron chi connectivity index (χ2n) is 4.96. The second kappa shape index (κ2) is 4.79. The summed E-state index contributed by atoms with van der Waals surface area (Å²) < 4.78 is 0. The molecule has 0 saturated carbocycles. The van der Waals surface area contributed by atoms with Crippen LogP contribution in [0.15, 0.2) is 6.07 Å². The Morgan fingerprint density at radius 3 is 2.53 bits per heavy atom. The van der Waals surface area contributed by atoms with Crippen molar-refractivity contribution in [3.8, 4) is 0 Å². The normalized spacial score (nSPS) is 11.4. The van der Waals surface area contributed by atoms with Crippen LogP contribution in [0.3, 0.4) is 0 Å². The Balaban J connectivity index is 2.93. The van der Waals surface area contributed by atoms with Gasteiger partial charge in [-0.2, -0.15) is 10.2 Å². The van der Waals surface area contributed by atoms with Crippen molar-refractivity contribution in [1.82, 2.24) is 15.1 Å². The summed E-state index contributed by atoms with van der Waals surface area (Å²) in [6, 6.07) is 1.71. The molecule has 0 fully saturated rings. The molecule has 0 atom stereocenters. The van der Waals surface area contributed by atoms with Crippen LogP contribution >= 0.6 is 0 Å². The molecule has 1 amide bonds. The fourth-order valence-corrected chi connectivity index (χ4v) is 1.62. The summed E-state index contributed by atoms with van der Waals surface area (Å²) in [6.07, 6.45) is 0. The summed E-state index contributed by atoms with van der Waals surface area (Å²) in [5.74, 6) is -0.150. The van der Waals surface area contributed by atoms with Gasteiger partial charge < -0.3 is 10.0 Å². The zero-order chi connectivity index (χ0) is 13.2. The summed E-state index contributed by atoms with van der Waals surface area (Å²) in [5, 5.41) is 17.5. The molecule has 5 nitrogen and oxygen atoms in total. The van der Waals surface area contributed by atoms with Crippen molar-refractivity contribution in [2.45, 2.75) is 33.3 Å². The van der Waals surface area contributed by atoms with E-state index in [1.54, 1.807) is 40.8 Å². The first-order chi connectivity index (χ1) is 7.70. The predicted molar refractivity (Wildman–Crippen MR) is 64.8 cm³/mol. The Morgan fingerprint density at radius 2 is 2.00 bits per heavy atom. The number of likely N-dealkylation sites (N-methyl/N-ethyl adjacent to an activating group) is 1. The highest BCUT2D eigenvalue weighted by atomic mass is 16.3. The second-order valence-corrected chi connectivity index (χ2v) is 4.96. The lowest BCUT2D eigenvalue weighted by Gasteiger charge is -2.25. The number of nitrogens with zero attached hydrogens (tertiary/aromatic N) is 3. The largest absolute Gasteiger partial charge is 0.389 e. The first-order valence-electron chi connectivity index (χ1n) is 5.49. The Morgan fingerprint density at radius 1 is 1.41 bits per heavy atom. The third-order valence-corrected chi connectivity index (χ3v) is 2.30. The van der Waals surface area contributed by atoms with E-state index in [9.17, 15) is 9.90 Å². The van der Waals surface area contributed by atoms with Gasteiger partial charge in [-0.1, -0.05) is 0 Å². The van der Waals surface area contributed by atoms with Crippen LogP contribution in [0.1, 0.15) is 35.6 Å². The summed E-state index contributed by atoms with van der Waals surface area (Å²) >= 11 is 0. The molecular formula is C12H19N3O2. The molecule has 0 radical (unpaired) electrons. The van der Waals surface area contributed by atoms with E-state index in [1.807, 2.05) is 0 Å². The summed E-state index contributed by atoms with van der Waals surface area (Å²) in [7, 11) is 1.66. The van der Waals surface area contributed by atoms with Crippen LogP contribution in [0, 0.1) is 13.8 Å². The SMILES string of the molecule is Cc1cc(C(=O)N(C)CC(C)(C)O)c(C)nn1. The lowest BCUT2D eigenvalue weighted by Crippen LogP contribution is -2.40. The zero-order valence-electron chi connectivity index (χ0n) is 11.0. The maximum atomic E-state index is 12.1. The molecule has 1 aromatic heterocycles. The van der Waals surface area contributed by atoms with Gasteiger partial charge in [-0.3, -0.25) is 4.79 Å². The monoisotopic (exact) mass is 237 g/mol. The molecule has 0 aliphatic carbocycles. The van der Waals surface area contributed by atoms with Crippen molar-refractivity contribution >= 4 is 5.91 Å². The smallest absolute Gasteiger partial charge is 0.255 e. The highest BCUT2D eigenvalue weighted by Crippen LogP contribution is 2.11. The van der Waals surface area contributed by atoms with Crippen LogP contribution in [-0.4, -0.2) is 45.3 Å². The number of hydrogen-bond donors (Lipinski definition) is 1. The van der Waals surface area contributed by atoms with Crippen molar-refractivity contribution in [3.63, 3.8) is 0 Å². The number of rotatable bonds is 3. The van der Waals surface area contributed by atoms with Crippen LogP contribution in [-0.2, 0) is 0 Å². The van der Waals surface area contributed by atoms with E-state index in [1.165, 1.54) is 4.90 Å². The molecule has 94 valence electrons. The number of hydrogen-bond acceptors (Lipinski definition) is 4. The van der Waals surface area contributed by atoms with Crippen molar-refractivity contribution in [3.05, 3.63) is 23.0 Å². The maximum Gasteiger partial charge on any atom is 0.255 e. The Hall–Kier alpha value is -1.49. The first kappa shape index (κ1) is 13.6. The number of aromatic nitrogens is 2. The molecule has 0 aromatic carbocycles. The highest BCUT2D eigenvalue weighted by molar-refractivity contribution is 5.95. The molecule has 0 aliphatic heterocycles. The zero-order valence-corrected chi connectivity index (χ0v) is 11.0. The van der Waals surface area contributed by atoms with Gasteiger partial charge in [0.05, 0.1) is 22.6 Å². The summed E-state index contributed by atoms with van der Waals surface area (Å²) in [4.78, 5) is 13.6. The minimum absolute atomic E-state index is 0.150. The molecule has 0 aliphatic rings. The third-order valence-electron chi connectivity index (χ3n) is 2.30. The van der Waals surface area contributed by atoms with Crippen molar-refractivity contribution in [1.29, 1.82) is 0 Å². The van der Waals surface area contributed by atoms with Gasteiger partial charge in [0.25, 0.3) is 5.91 Å². The number of carbonyl (C=O) groups is 1. The molecule has 1 aromatic rings. The highest BCUT2D eigenvalue weighted by Gasteiger charge is 2.22. The van der Waals surface area contributed by atoms with Crippen LogP contribution < -0.4 is 0 Å². The molecule has 1 rings (SSSR count). The number of aliphatic hydroxyl groups is 1. The summed E-state index contributed by atoms with van der Waals surface area (Å²) in [5.41, 5.74) is 0.927. The van der Waals surface area contributed by atoms with E-state index >= 15 is 0 Å². The van der Waals surface area contributed by atoms with Gasteiger partial charge in [0, 0.05) is 13.6 Å². The molecular weight excluding hydrogens is 218 g/mol. The summed E-state index contributed by atoms with van der Waals surface area (Å²) in [6.45, 7) is 7.14. The van der Waals surface area contributed by atoms with Crippen molar-refractivity contribution in [2.75, 3.05) is 13.6 Å². The fraction of sp³-hybridized carbons (Fsp3) is 0.583. The topological polar surface area (TPSA) is 66.3 Å². The van der Waals surface area contributed by atoms with E-state index in [-0.39, 0.29) is 12.5 Å². The van der Waals surface area contributed by atoms with E-state index in [2.05, 4.69) is 10.2 Å². The number of carbonyl (C=O) groups excluding carboxylic acids is 1. The Bertz CT molecular complexity index is 424. The van der Waals surface area contributed by atoms with Gasteiger partial charge in [0.2, 0.25) is 0 Å². The van der Waals surface area contributed by atoms with E-state index in [0.717, 1.165) is 0 Å². The average molecular weight is 237 g/mol. The molecule has 17 heavy (non-hydrogen) atoms. The molecule has 0 saturated heterocycles. The molecule has 1 heterocycles. The minimum atomic E-state index is -0.909. The Labute approximate surface area is 101 Å². The molecule has 5 heteroatoms. The van der Waals surface area contributed by atoms with Gasteiger partial charge in [0.1, 0.15) is 0 Å². The first-order valence-corrected chi connectivity index (χ1v) is 5.49. The molecule has 0 unspecified atom stereocenters. The van der Waals surface area contributed by atoms with Gasteiger partial charge >= 0.3 is 0 Å². The maximum absolute atomic E-state index is 12.1. The lowest BCUT2D eigenvalue weighted by molar-refractivity contribution is 0.0367. The van der Waals surface area contributed by atoms with Crippen LogP contribution in [0.2, 0.25) is 0 Å². The Kier molecular flexibility index (Phi) is 3.83. The van der Waals surface area contributed by atoms with Crippen LogP contribution in [0.25, 0.3) is 0 Å².